The van der Waals surface area contributed by atoms with Crippen LogP contribution in [-0.4, -0.2) is 126 Å². The highest BCUT2D eigenvalue weighted by Crippen LogP contribution is 2.34. The largest absolute Gasteiger partial charge is 0.493 e. The van der Waals surface area contributed by atoms with Crippen LogP contribution in [0.2, 0.25) is 0 Å². The summed E-state index contributed by atoms with van der Waals surface area (Å²) < 4.78 is 17.2. The number of ether oxygens (including phenoxy) is 3. The van der Waals surface area contributed by atoms with Gasteiger partial charge in [0.1, 0.15) is 29.5 Å². The third-order valence-corrected chi connectivity index (χ3v) is 10.3. The molecule has 6 atom stereocenters. The quantitative estimate of drug-likeness (QED) is 0.338. The molecule has 2 saturated heterocycles. The zero-order valence-electron chi connectivity index (χ0n) is 29.7. The van der Waals surface area contributed by atoms with Crippen molar-refractivity contribution >= 4 is 23.8 Å². The summed E-state index contributed by atoms with van der Waals surface area (Å²) in [5, 5.41) is 16.4. The van der Waals surface area contributed by atoms with Gasteiger partial charge in [0.05, 0.1) is 25.4 Å². The Morgan fingerprint density at radius 2 is 1.80 bits per heavy atom. The van der Waals surface area contributed by atoms with Gasteiger partial charge in [0.25, 0.3) is 0 Å². The summed E-state index contributed by atoms with van der Waals surface area (Å²) in [4.78, 5) is 60.7. The number of hydrogen-bond acceptors (Lipinski definition) is 9. The molecule has 5 rings (SSSR count). The summed E-state index contributed by atoms with van der Waals surface area (Å²) in [6.07, 6.45) is 4.98. The second-order valence-electron chi connectivity index (χ2n) is 14.8. The Kier molecular flexibility index (Phi) is 12.1. The smallest absolute Gasteiger partial charge is 0.410 e. The predicted molar refractivity (Wildman–Crippen MR) is 182 cm³/mol. The van der Waals surface area contributed by atoms with Crippen LogP contribution in [0.3, 0.4) is 0 Å². The molecule has 1 aromatic carbocycles. The third-order valence-electron chi connectivity index (χ3n) is 10.3. The Bertz CT molecular complexity index is 1330. The van der Waals surface area contributed by atoms with Crippen LogP contribution in [0.4, 0.5) is 4.79 Å². The molecule has 4 amide bonds. The highest BCUT2D eigenvalue weighted by molar-refractivity contribution is 5.94. The molecule has 0 unspecified atom stereocenters. The zero-order chi connectivity index (χ0) is 35.3. The van der Waals surface area contributed by atoms with E-state index in [0.717, 1.165) is 54.7 Å². The monoisotopic (exact) mass is 685 g/mol. The lowest BCUT2D eigenvalue weighted by Gasteiger charge is -2.45. The van der Waals surface area contributed by atoms with E-state index in [1.54, 1.807) is 25.7 Å². The average Bonchev–Trinajstić information content (AvgIpc) is 3.48. The third kappa shape index (κ3) is 8.85. The minimum Gasteiger partial charge on any atom is -0.493 e. The Hall–Kier alpha value is -3.42. The van der Waals surface area contributed by atoms with Crippen LogP contribution in [0, 0.1) is 5.92 Å². The molecular formula is C36H55N5O8. The maximum Gasteiger partial charge on any atom is 0.410 e. The van der Waals surface area contributed by atoms with Gasteiger partial charge in [-0.1, -0.05) is 37.5 Å². The van der Waals surface area contributed by atoms with Crippen molar-refractivity contribution in [2.24, 2.45) is 5.92 Å². The van der Waals surface area contributed by atoms with Crippen LogP contribution < -0.4 is 15.4 Å². The van der Waals surface area contributed by atoms with E-state index in [4.69, 9.17) is 14.2 Å². The molecule has 3 heterocycles. The number of benzene rings is 1. The Morgan fingerprint density at radius 1 is 1.06 bits per heavy atom. The maximum absolute atomic E-state index is 14.8. The van der Waals surface area contributed by atoms with Gasteiger partial charge in [0.15, 0.2) is 0 Å². The first-order valence-corrected chi connectivity index (χ1v) is 17.9. The normalized spacial score (nSPS) is 25.6. The standard InChI is InChI=1S/C36H55N5O8/c1-6-47-25-18-24-19-41(28(21-40(24)20-25)32(43)37-27-16-17-48-30-15-11-10-14-26(27)30)34(45)31(23-12-8-7-9-13-23)38-33(44)29(22-42)39(5)35(46)49-36(2,3)4/h10-11,14-15,23-25,27-29,31,42H,6-9,12-13,16-22H2,1-5H3,(H,37,43)(H,38,44)/t24-,25-,27-,28+,29+,31+/m1/s1. The maximum atomic E-state index is 14.8. The summed E-state index contributed by atoms with van der Waals surface area (Å²) in [7, 11) is 1.40. The molecular weight excluding hydrogens is 630 g/mol. The molecule has 1 saturated carbocycles. The summed E-state index contributed by atoms with van der Waals surface area (Å²) in [5.74, 6) is -0.621. The molecule has 4 aliphatic rings. The van der Waals surface area contributed by atoms with E-state index in [1.807, 2.05) is 31.2 Å². The molecule has 0 spiro atoms. The minimum atomic E-state index is -1.26. The molecule has 0 radical (unpaired) electrons. The molecule has 0 aromatic heterocycles. The number of likely N-dealkylation sites (N-methyl/N-ethyl adjacent to an activating group) is 1. The van der Waals surface area contributed by atoms with Crippen molar-refractivity contribution in [1.29, 1.82) is 0 Å². The fourth-order valence-corrected chi connectivity index (χ4v) is 7.73. The van der Waals surface area contributed by atoms with Gasteiger partial charge < -0.3 is 34.9 Å². The van der Waals surface area contributed by atoms with Crippen molar-refractivity contribution in [3.8, 4) is 5.75 Å². The van der Waals surface area contributed by atoms with E-state index < -0.39 is 42.3 Å². The van der Waals surface area contributed by atoms with Crippen molar-refractivity contribution in [2.45, 2.75) is 115 Å². The lowest BCUT2D eigenvalue weighted by molar-refractivity contribution is -0.150. The molecule has 13 heteroatoms. The number of rotatable bonds is 10. The van der Waals surface area contributed by atoms with Gasteiger partial charge in [-0.15, -0.1) is 0 Å². The molecule has 272 valence electrons. The summed E-state index contributed by atoms with van der Waals surface area (Å²) >= 11 is 0. The van der Waals surface area contributed by atoms with Gasteiger partial charge in [-0.05, 0) is 58.9 Å². The number of hydrogen-bond donors (Lipinski definition) is 3. The van der Waals surface area contributed by atoms with Crippen LogP contribution in [0.5, 0.6) is 5.75 Å². The highest BCUT2D eigenvalue weighted by atomic mass is 16.6. The van der Waals surface area contributed by atoms with Crippen molar-refractivity contribution in [3.05, 3.63) is 29.8 Å². The molecule has 13 nitrogen and oxygen atoms in total. The number of carbonyl (C=O) groups excluding carboxylic acids is 4. The van der Waals surface area contributed by atoms with Crippen molar-refractivity contribution in [3.63, 3.8) is 0 Å². The van der Waals surface area contributed by atoms with Crippen LogP contribution in [0.1, 0.15) is 84.2 Å². The van der Waals surface area contributed by atoms with Gasteiger partial charge >= 0.3 is 6.09 Å². The highest BCUT2D eigenvalue weighted by Gasteiger charge is 2.48. The molecule has 0 bridgehead atoms. The Balaban J connectivity index is 1.40. The van der Waals surface area contributed by atoms with Crippen molar-refractivity contribution in [1.82, 2.24) is 25.3 Å². The van der Waals surface area contributed by atoms with Crippen molar-refractivity contribution in [2.75, 3.05) is 46.5 Å². The number of carbonyl (C=O) groups is 4. The molecule has 1 aromatic rings. The van der Waals surface area contributed by atoms with E-state index in [2.05, 4.69) is 15.5 Å². The van der Waals surface area contributed by atoms with E-state index in [9.17, 15) is 24.3 Å². The molecule has 1 aliphatic carbocycles. The molecule has 49 heavy (non-hydrogen) atoms. The summed E-state index contributed by atoms with van der Waals surface area (Å²) in [6, 6.07) is 4.44. The van der Waals surface area contributed by atoms with Gasteiger partial charge in [-0.3, -0.25) is 24.2 Å². The number of amides is 4. The first-order valence-electron chi connectivity index (χ1n) is 17.9. The van der Waals surface area contributed by atoms with Gasteiger partial charge in [-0.2, -0.15) is 0 Å². The molecule has 3 N–H and O–H groups in total. The number of piperazine rings is 1. The predicted octanol–water partition coefficient (Wildman–Crippen LogP) is 2.61. The SMILES string of the molecule is CCO[C@@H]1C[C@@H]2CN(C(=O)[C@@H](NC(=O)[C@H](CO)N(C)C(=O)OC(C)(C)C)C3CCCCC3)[C@H](C(=O)N[C@@H]3CCOc4ccccc43)CN2C1. The van der Waals surface area contributed by atoms with Gasteiger partial charge in [0.2, 0.25) is 17.7 Å². The van der Waals surface area contributed by atoms with E-state index in [0.29, 0.717) is 39.3 Å². The zero-order valence-corrected chi connectivity index (χ0v) is 29.7. The first-order chi connectivity index (χ1) is 23.4. The van der Waals surface area contributed by atoms with Crippen LogP contribution in [-0.2, 0) is 23.9 Å². The Morgan fingerprint density at radius 3 is 2.49 bits per heavy atom. The molecule has 3 fully saturated rings. The topological polar surface area (TPSA) is 150 Å². The second-order valence-corrected chi connectivity index (χ2v) is 14.8. The van der Waals surface area contributed by atoms with Crippen LogP contribution >= 0.6 is 0 Å². The van der Waals surface area contributed by atoms with E-state index >= 15 is 0 Å². The fourth-order valence-electron chi connectivity index (χ4n) is 7.73. The number of fused-ring (bicyclic) bond motifs is 2. The van der Waals surface area contributed by atoms with E-state index in [1.165, 1.54) is 7.05 Å². The number of aliphatic hydroxyl groups is 1. The fraction of sp³-hybridized carbons (Fsp3) is 0.722. The van der Waals surface area contributed by atoms with E-state index in [-0.39, 0.29) is 35.9 Å². The number of para-hydroxylation sites is 1. The molecule has 3 aliphatic heterocycles. The average molecular weight is 686 g/mol. The van der Waals surface area contributed by atoms with Crippen LogP contribution in [0.25, 0.3) is 0 Å². The summed E-state index contributed by atoms with van der Waals surface area (Å²) in [5.41, 5.74) is 0.108. The number of nitrogens with one attached hydrogen (secondary N) is 2. The Labute approximate surface area is 290 Å². The van der Waals surface area contributed by atoms with Gasteiger partial charge in [0, 0.05) is 51.3 Å². The first kappa shape index (κ1) is 36.9. The van der Waals surface area contributed by atoms with Crippen LogP contribution in [0.15, 0.2) is 24.3 Å². The lowest BCUT2D eigenvalue weighted by atomic mass is 9.82. The lowest BCUT2D eigenvalue weighted by Crippen LogP contribution is -2.67. The van der Waals surface area contributed by atoms with Crippen molar-refractivity contribution < 1.29 is 38.5 Å². The summed E-state index contributed by atoms with van der Waals surface area (Å²) in [6.45, 7) is 8.89. The van der Waals surface area contributed by atoms with Gasteiger partial charge in [-0.25, -0.2) is 4.79 Å². The number of aliphatic hydroxyl groups excluding tert-OH is 1. The number of nitrogens with zero attached hydrogens (tertiary/aromatic N) is 3. The second kappa shape index (κ2) is 16.1. The minimum absolute atomic E-state index is 0.0127.